The number of benzene rings is 2. The van der Waals surface area contributed by atoms with Crippen molar-refractivity contribution in [3.8, 4) is 11.8 Å². The van der Waals surface area contributed by atoms with Crippen LogP contribution in [-0.2, 0) is 12.8 Å². The van der Waals surface area contributed by atoms with E-state index in [9.17, 15) is 14.9 Å². The van der Waals surface area contributed by atoms with Gasteiger partial charge in [-0.3, -0.25) is 4.79 Å². The van der Waals surface area contributed by atoms with Crippen molar-refractivity contribution in [2.24, 2.45) is 5.92 Å². The van der Waals surface area contributed by atoms with Gasteiger partial charge in [-0.15, -0.1) is 0 Å². The Bertz CT molecular complexity index is 1180. The van der Waals surface area contributed by atoms with E-state index < -0.39 is 5.69 Å². The number of hydrogen-bond donors (Lipinski definition) is 1. The molecule has 1 aliphatic carbocycles. The normalized spacial score (nSPS) is 15.8. The van der Waals surface area contributed by atoms with Gasteiger partial charge in [-0.05, 0) is 42.9 Å². The molecule has 28 heavy (non-hydrogen) atoms. The number of aromatic nitrogens is 2. The van der Waals surface area contributed by atoms with Gasteiger partial charge >= 0.3 is 5.69 Å². The van der Waals surface area contributed by atoms with Gasteiger partial charge in [0.15, 0.2) is 0 Å². The molecule has 0 saturated heterocycles. The van der Waals surface area contributed by atoms with E-state index in [4.69, 9.17) is 0 Å². The highest BCUT2D eigenvalue weighted by Crippen LogP contribution is 2.26. The average Bonchev–Trinajstić information content (AvgIpc) is 2.89. The number of allylic oxidation sites excluding steroid dienone is 2. The van der Waals surface area contributed by atoms with Crippen LogP contribution in [-0.4, -0.2) is 9.55 Å². The summed E-state index contributed by atoms with van der Waals surface area (Å²) in [5.41, 5.74) is 2.03. The maximum Gasteiger partial charge on any atom is 0.333 e. The molecule has 5 nitrogen and oxygen atoms in total. The molecule has 1 N–H and O–H groups in total. The minimum atomic E-state index is -0.530. The molecular weight excluding hydrogens is 350 g/mol. The van der Waals surface area contributed by atoms with Gasteiger partial charge in [0, 0.05) is 5.56 Å². The number of rotatable bonds is 3. The van der Waals surface area contributed by atoms with Crippen molar-refractivity contribution in [3.05, 3.63) is 104 Å². The molecule has 0 radical (unpaired) electrons. The molecule has 1 aliphatic rings. The zero-order valence-electron chi connectivity index (χ0n) is 15.3. The molecule has 1 heterocycles. The molecule has 0 fully saturated rings. The van der Waals surface area contributed by atoms with Gasteiger partial charge in [-0.2, -0.15) is 5.26 Å². The van der Waals surface area contributed by atoms with E-state index in [1.165, 1.54) is 5.56 Å². The first-order valence-corrected chi connectivity index (χ1v) is 9.27. The molecule has 2 aromatic carbocycles. The van der Waals surface area contributed by atoms with Gasteiger partial charge in [0.2, 0.25) is 0 Å². The summed E-state index contributed by atoms with van der Waals surface area (Å²) >= 11 is 0. The van der Waals surface area contributed by atoms with Crippen LogP contribution in [0.5, 0.6) is 0 Å². The van der Waals surface area contributed by atoms with E-state index in [1.807, 2.05) is 30.3 Å². The van der Waals surface area contributed by atoms with Crippen LogP contribution in [0.25, 0.3) is 11.3 Å². The maximum atomic E-state index is 13.1. The van der Waals surface area contributed by atoms with Crippen molar-refractivity contribution in [1.29, 1.82) is 5.26 Å². The summed E-state index contributed by atoms with van der Waals surface area (Å²) in [7, 11) is 0. The fourth-order valence-corrected chi connectivity index (χ4v) is 3.75. The Morgan fingerprint density at radius 1 is 1.04 bits per heavy atom. The summed E-state index contributed by atoms with van der Waals surface area (Å²) in [6.45, 7) is 0. The highest BCUT2D eigenvalue weighted by molar-refractivity contribution is 5.76. The monoisotopic (exact) mass is 369 g/mol. The second-order valence-corrected chi connectivity index (χ2v) is 6.94. The molecular formula is C23H19N3O2. The van der Waals surface area contributed by atoms with Gasteiger partial charge in [-0.25, -0.2) is 9.36 Å². The van der Waals surface area contributed by atoms with E-state index in [0.717, 1.165) is 17.4 Å². The Labute approximate surface area is 162 Å². The van der Waals surface area contributed by atoms with Crippen molar-refractivity contribution in [2.45, 2.75) is 19.3 Å². The minimum absolute atomic E-state index is 0.123. The number of hydrogen-bond acceptors (Lipinski definition) is 3. The number of nitrogens with one attached hydrogen (secondary N) is 1. The Balaban J connectivity index is 1.78. The lowest BCUT2D eigenvalue weighted by molar-refractivity contribution is 0.589. The summed E-state index contributed by atoms with van der Waals surface area (Å²) < 4.78 is 1.14. The summed E-state index contributed by atoms with van der Waals surface area (Å²) in [6, 6.07) is 21.1. The average molecular weight is 369 g/mol. The quantitative estimate of drug-likeness (QED) is 0.770. The molecule has 0 amide bonds. The molecule has 1 unspecified atom stereocenters. The summed E-state index contributed by atoms with van der Waals surface area (Å²) in [5.74, 6) is 0.123. The van der Waals surface area contributed by atoms with Gasteiger partial charge in [0.05, 0.1) is 17.0 Å². The molecule has 0 spiro atoms. The molecule has 0 saturated carbocycles. The first-order valence-electron chi connectivity index (χ1n) is 9.27. The van der Waals surface area contributed by atoms with Crippen LogP contribution < -0.4 is 11.2 Å². The summed E-state index contributed by atoms with van der Waals surface area (Å²) in [5, 5.41) is 9.67. The zero-order valence-corrected chi connectivity index (χ0v) is 15.3. The lowest BCUT2D eigenvalue weighted by Crippen LogP contribution is -2.37. The van der Waals surface area contributed by atoms with E-state index in [0.29, 0.717) is 28.9 Å². The van der Waals surface area contributed by atoms with Crippen molar-refractivity contribution in [3.63, 3.8) is 0 Å². The van der Waals surface area contributed by atoms with E-state index in [1.54, 1.807) is 24.3 Å². The van der Waals surface area contributed by atoms with Gasteiger partial charge in [0.25, 0.3) is 5.56 Å². The van der Waals surface area contributed by atoms with Crippen LogP contribution in [0.15, 0.2) is 76.3 Å². The zero-order chi connectivity index (χ0) is 19.5. The van der Waals surface area contributed by atoms with E-state index in [2.05, 4.69) is 23.2 Å². The van der Waals surface area contributed by atoms with E-state index in [-0.39, 0.29) is 11.5 Å². The number of nitrogens with zero attached hydrogens (tertiary/aromatic N) is 2. The van der Waals surface area contributed by atoms with Crippen molar-refractivity contribution in [1.82, 2.24) is 9.55 Å². The SMILES string of the molecule is N#CC1=CC(Cc2ccccc2)CCc2c1[nH]c(=O)n(-c1ccccc1)c2=O. The van der Waals surface area contributed by atoms with Crippen LogP contribution in [0.1, 0.15) is 23.2 Å². The maximum absolute atomic E-state index is 13.1. The summed E-state index contributed by atoms with van der Waals surface area (Å²) in [6.07, 6.45) is 3.93. The minimum Gasteiger partial charge on any atom is -0.305 e. The molecule has 4 rings (SSSR count). The smallest absolute Gasteiger partial charge is 0.305 e. The largest absolute Gasteiger partial charge is 0.333 e. The number of nitriles is 1. The summed E-state index contributed by atoms with van der Waals surface area (Å²) in [4.78, 5) is 28.5. The lowest BCUT2D eigenvalue weighted by Gasteiger charge is -2.11. The second kappa shape index (κ2) is 7.53. The predicted octanol–water partition coefficient (Wildman–Crippen LogP) is 3.24. The number of para-hydroxylation sites is 1. The second-order valence-electron chi connectivity index (χ2n) is 6.94. The third kappa shape index (κ3) is 3.33. The van der Waals surface area contributed by atoms with Gasteiger partial charge < -0.3 is 4.98 Å². The Morgan fingerprint density at radius 3 is 2.39 bits per heavy atom. The van der Waals surface area contributed by atoms with Crippen molar-refractivity contribution >= 4 is 5.57 Å². The first kappa shape index (κ1) is 17.7. The van der Waals surface area contributed by atoms with E-state index >= 15 is 0 Å². The molecule has 1 atom stereocenters. The van der Waals surface area contributed by atoms with Crippen LogP contribution in [0.4, 0.5) is 0 Å². The topological polar surface area (TPSA) is 78.7 Å². The van der Waals surface area contributed by atoms with Crippen LogP contribution in [0, 0.1) is 17.2 Å². The van der Waals surface area contributed by atoms with Gasteiger partial charge in [0.1, 0.15) is 6.07 Å². The Kier molecular flexibility index (Phi) is 4.77. The van der Waals surface area contributed by atoms with Gasteiger partial charge in [-0.1, -0.05) is 54.6 Å². The predicted molar refractivity (Wildman–Crippen MR) is 108 cm³/mol. The Hall–Kier alpha value is -3.65. The molecule has 3 aromatic rings. The molecule has 1 aromatic heterocycles. The highest BCUT2D eigenvalue weighted by atomic mass is 16.2. The van der Waals surface area contributed by atoms with Crippen LogP contribution in [0.2, 0.25) is 0 Å². The Morgan fingerprint density at radius 2 is 1.71 bits per heavy atom. The number of aromatic amines is 1. The first-order chi connectivity index (χ1) is 13.7. The number of H-pyrrole nitrogens is 1. The molecule has 0 bridgehead atoms. The lowest BCUT2D eigenvalue weighted by atomic mass is 9.94. The number of fused-ring (bicyclic) bond motifs is 1. The van der Waals surface area contributed by atoms with Crippen molar-refractivity contribution < 1.29 is 0 Å². The standard InChI is InChI=1S/C23H19N3O2/c24-15-18-14-17(13-16-7-3-1-4-8-16)11-12-20-21(18)25-23(28)26(22(20)27)19-9-5-2-6-10-19/h1-10,14,17H,11-13H2,(H,25,28). The third-order valence-corrected chi connectivity index (χ3v) is 5.11. The molecule has 5 heteroatoms. The van der Waals surface area contributed by atoms with Crippen LogP contribution >= 0.6 is 0 Å². The van der Waals surface area contributed by atoms with Crippen molar-refractivity contribution in [2.75, 3.05) is 0 Å². The highest BCUT2D eigenvalue weighted by Gasteiger charge is 2.23. The molecule has 138 valence electrons. The third-order valence-electron chi connectivity index (χ3n) is 5.11. The van der Waals surface area contributed by atoms with Crippen LogP contribution in [0.3, 0.4) is 0 Å². The fraction of sp³-hybridized carbons (Fsp3) is 0.174. The fourth-order valence-electron chi connectivity index (χ4n) is 3.75. The molecule has 0 aliphatic heterocycles.